The molecule has 1 aromatic heterocycles. The second-order valence-electron chi connectivity index (χ2n) is 4.89. The zero-order valence-electron chi connectivity index (χ0n) is 10.4. The van der Waals surface area contributed by atoms with E-state index in [2.05, 4.69) is 4.98 Å². The minimum Gasteiger partial charge on any atom is -0.381 e. The summed E-state index contributed by atoms with van der Waals surface area (Å²) in [5, 5.41) is 0.0707. The molecule has 2 aromatic rings. The Morgan fingerprint density at radius 3 is 3.11 bits per heavy atom. The van der Waals surface area contributed by atoms with Crippen LogP contribution in [0.2, 0.25) is 5.02 Å². The largest absolute Gasteiger partial charge is 0.381 e. The molecule has 2 N–H and O–H groups in total. The van der Waals surface area contributed by atoms with Crippen LogP contribution in [0.4, 0.5) is 10.3 Å². The van der Waals surface area contributed by atoms with Gasteiger partial charge in [-0.25, -0.2) is 9.37 Å². The van der Waals surface area contributed by atoms with Gasteiger partial charge in [0.25, 0.3) is 0 Å². The second kappa shape index (κ2) is 4.98. The first kappa shape index (κ1) is 12.7. The maximum atomic E-state index is 13.5. The van der Waals surface area contributed by atoms with Gasteiger partial charge in [0.05, 0.1) is 16.1 Å². The Hall–Kier alpha value is -1.33. The lowest BCUT2D eigenvalue weighted by atomic mass is 10.1. The minimum atomic E-state index is -0.445. The molecule has 1 unspecified atom stereocenters. The van der Waals surface area contributed by atoms with Gasteiger partial charge in [0.15, 0.2) is 0 Å². The van der Waals surface area contributed by atoms with E-state index >= 15 is 0 Å². The molecule has 1 aliphatic rings. The summed E-state index contributed by atoms with van der Waals surface area (Å²) in [7, 11) is 0. The molecule has 0 aliphatic carbocycles. The zero-order chi connectivity index (χ0) is 13.4. The molecule has 0 amide bonds. The van der Waals surface area contributed by atoms with Crippen molar-refractivity contribution in [3.05, 3.63) is 23.0 Å². The van der Waals surface area contributed by atoms with E-state index in [4.69, 9.17) is 22.1 Å². The van der Waals surface area contributed by atoms with Crippen LogP contribution < -0.4 is 5.73 Å². The highest BCUT2D eigenvalue weighted by atomic mass is 35.5. The van der Waals surface area contributed by atoms with Crippen LogP contribution in [-0.2, 0) is 11.3 Å². The van der Waals surface area contributed by atoms with Crippen LogP contribution in [0.15, 0.2) is 12.1 Å². The highest BCUT2D eigenvalue weighted by molar-refractivity contribution is 6.31. The van der Waals surface area contributed by atoms with Gasteiger partial charge in [-0.15, -0.1) is 0 Å². The van der Waals surface area contributed by atoms with E-state index < -0.39 is 5.82 Å². The van der Waals surface area contributed by atoms with Gasteiger partial charge in [-0.05, 0) is 24.8 Å². The van der Waals surface area contributed by atoms with Gasteiger partial charge in [0.1, 0.15) is 5.82 Å². The number of benzene rings is 1. The molecule has 0 radical (unpaired) electrons. The number of aryl methyl sites for hydroxylation is 1. The summed E-state index contributed by atoms with van der Waals surface area (Å²) in [6.45, 7) is 2.35. The fourth-order valence-electron chi connectivity index (χ4n) is 2.50. The van der Waals surface area contributed by atoms with Crippen LogP contribution in [-0.4, -0.2) is 22.8 Å². The molecule has 0 saturated carbocycles. The molecule has 0 bridgehead atoms. The molecule has 3 rings (SSSR count). The number of hydrogen-bond donors (Lipinski definition) is 1. The monoisotopic (exact) mass is 283 g/mol. The number of ether oxygens (including phenoxy) is 1. The van der Waals surface area contributed by atoms with Crippen LogP contribution in [0, 0.1) is 11.7 Å². The highest BCUT2D eigenvalue weighted by Gasteiger charge is 2.17. The predicted molar refractivity (Wildman–Crippen MR) is 72.7 cm³/mol. The molecule has 1 aromatic carbocycles. The fourth-order valence-corrected chi connectivity index (χ4v) is 2.65. The number of halogens is 2. The normalized spacial score (nSPS) is 19.4. The van der Waals surface area contributed by atoms with Gasteiger partial charge in [-0.1, -0.05) is 11.6 Å². The first-order valence-electron chi connectivity index (χ1n) is 6.33. The summed E-state index contributed by atoms with van der Waals surface area (Å²) >= 11 is 5.75. The molecule has 102 valence electrons. The molecule has 1 atom stereocenters. The highest BCUT2D eigenvalue weighted by Crippen LogP contribution is 2.26. The second-order valence-corrected chi connectivity index (χ2v) is 5.30. The average molecular weight is 284 g/mol. The van der Waals surface area contributed by atoms with Crippen molar-refractivity contribution >= 4 is 28.6 Å². The number of nitrogen functional groups attached to an aromatic ring is 1. The van der Waals surface area contributed by atoms with E-state index in [1.807, 2.05) is 4.57 Å². The summed E-state index contributed by atoms with van der Waals surface area (Å²) in [6, 6.07) is 2.91. The Labute approximate surface area is 115 Å². The van der Waals surface area contributed by atoms with E-state index in [0.29, 0.717) is 22.9 Å². The predicted octanol–water partition coefficient (Wildman–Crippen LogP) is 2.84. The van der Waals surface area contributed by atoms with E-state index in [9.17, 15) is 4.39 Å². The lowest BCUT2D eigenvalue weighted by Gasteiger charge is -2.10. The van der Waals surface area contributed by atoms with Crippen molar-refractivity contribution in [3.63, 3.8) is 0 Å². The number of aromatic nitrogens is 2. The number of fused-ring (bicyclic) bond motifs is 1. The van der Waals surface area contributed by atoms with Crippen molar-refractivity contribution < 1.29 is 9.13 Å². The Bertz CT molecular complexity index is 607. The SMILES string of the molecule is Nc1nc2cc(Cl)c(F)cc2n1CCC1CCOC1. The zero-order valence-corrected chi connectivity index (χ0v) is 11.2. The molecule has 0 spiro atoms. The molecule has 1 fully saturated rings. The van der Waals surface area contributed by atoms with Crippen LogP contribution in [0.1, 0.15) is 12.8 Å². The molecule has 1 aliphatic heterocycles. The summed E-state index contributed by atoms with van der Waals surface area (Å²) in [4.78, 5) is 4.22. The minimum absolute atomic E-state index is 0.0707. The Kier molecular flexibility index (Phi) is 3.33. The maximum Gasteiger partial charge on any atom is 0.201 e. The summed E-state index contributed by atoms with van der Waals surface area (Å²) in [5.74, 6) is 0.504. The number of nitrogens with zero attached hydrogens (tertiary/aromatic N) is 2. The van der Waals surface area contributed by atoms with Crippen molar-refractivity contribution in [1.82, 2.24) is 9.55 Å². The van der Waals surface area contributed by atoms with Crippen LogP contribution in [0.25, 0.3) is 11.0 Å². The molecule has 2 heterocycles. The Morgan fingerprint density at radius 2 is 2.37 bits per heavy atom. The molecular weight excluding hydrogens is 269 g/mol. The van der Waals surface area contributed by atoms with Gasteiger partial charge in [0, 0.05) is 25.8 Å². The molecule has 1 saturated heterocycles. The third-order valence-electron chi connectivity index (χ3n) is 3.60. The average Bonchev–Trinajstić information content (AvgIpc) is 2.96. The molecule has 19 heavy (non-hydrogen) atoms. The van der Waals surface area contributed by atoms with Crippen LogP contribution in [0.3, 0.4) is 0 Å². The van der Waals surface area contributed by atoms with Crippen molar-refractivity contribution in [2.75, 3.05) is 18.9 Å². The molecular formula is C13H15ClFN3O. The molecule has 6 heteroatoms. The third kappa shape index (κ3) is 2.40. The van der Waals surface area contributed by atoms with Crippen LogP contribution >= 0.6 is 11.6 Å². The number of hydrogen-bond acceptors (Lipinski definition) is 3. The van der Waals surface area contributed by atoms with Crippen LogP contribution in [0.5, 0.6) is 0 Å². The summed E-state index contributed by atoms with van der Waals surface area (Å²) in [5.41, 5.74) is 7.22. The first-order chi connectivity index (χ1) is 9.15. The van der Waals surface area contributed by atoms with Crippen molar-refractivity contribution in [1.29, 1.82) is 0 Å². The smallest absolute Gasteiger partial charge is 0.201 e. The van der Waals surface area contributed by atoms with Crippen molar-refractivity contribution in [3.8, 4) is 0 Å². The summed E-state index contributed by atoms with van der Waals surface area (Å²) < 4.78 is 20.7. The number of anilines is 1. The molecule has 4 nitrogen and oxygen atoms in total. The first-order valence-corrected chi connectivity index (χ1v) is 6.71. The van der Waals surface area contributed by atoms with Crippen molar-refractivity contribution in [2.24, 2.45) is 5.92 Å². The van der Waals surface area contributed by atoms with Crippen molar-refractivity contribution in [2.45, 2.75) is 19.4 Å². The lowest BCUT2D eigenvalue weighted by Crippen LogP contribution is -2.08. The number of rotatable bonds is 3. The Balaban J connectivity index is 1.89. The van der Waals surface area contributed by atoms with E-state index in [0.717, 1.165) is 32.6 Å². The standard InChI is InChI=1S/C13H15ClFN3O/c14-9-5-11-12(6-10(9)15)18(13(16)17-11)3-1-8-2-4-19-7-8/h5-6,8H,1-4,7H2,(H2,16,17). The van der Waals surface area contributed by atoms with E-state index in [-0.39, 0.29) is 5.02 Å². The number of imidazole rings is 1. The topological polar surface area (TPSA) is 53.1 Å². The summed E-state index contributed by atoms with van der Waals surface area (Å²) in [6.07, 6.45) is 2.03. The fraction of sp³-hybridized carbons (Fsp3) is 0.462. The van der Waals surface area contributed by atoms with Gasteiger partial charge in [-0.3, -0.25) is 0 Å². The van der Waals surface area contributed by atoms with Gasteiger partial charge in [0.2, 0.25) is 5.95 Å². The third-order valence-corrected chi connectivity index (χ3v) is 3.89. The van der Waals surface area contributed by atoms with Gasteiger partial charge < -0.3 is 15.0 Å². The van der Waals surface area contributed by atoms with E-state index in [1.165, 1.54) is 12.1 Å². The van der Waals surface area contributed by atoms with E-state index in [1.54, 1.807) is 0 Å². The number of nitrogens with two attached hydrogens (primary N) is 1. The van der Waals surface area contributed by atoms with Gasteiger partial charge in [-0.2, -0.15) is 0 Å². The quantitative estimate of drug-likeness (QED) is 0.942. The van der Waals surface area contributed by atoms with Gasteiger partial charge >= 0.3 is 0 Å². The lowest BCUT2D eigenvalue weighted by molar-refractivity contribution is 0.183. The maximum absolute atomic E-state index is 13.5. The Morgan fingerprint density at radius 1 is 1.53 bits per heavy atom.